The van der Waals surface area contributed by atoms with Crippen LogP contribution in [0.1, 0.15) is 20.8 Å². The molecule has 1 heterocycles. The van der Waals surface area contributed by atoms with E-state index in [-0.39, 0.29) is 11.2 Å². The van der Waals surface area contributed by atoms with E-state index in [1.165, 1.54) is 12.6 Å². The van der Waals surface area contributed by atoms with Crippen molar-refractivity contribution in [2.45, 2.75) is 31.3 Å². The summed E-state index contributed by atoms with van der Waals surface area (Å²) in [6.07, 6.45) is 1.80. The minimum absolute atomic E-state index is 0.0712. The number of halogens is 1. The molecule has 0 aliphatic carbocycles. The van der Waals surface area contributed by atoms with E-state index in [1.807, 2.05) is 0 Å². The minimum atomic E-state index is -2.92. The Morgan fingerprint density at radius 1 is 1.24 bits per heavy atom. The van der Waals surface area contributed by atoms with Crippen LogP contribution in [-0.2, 0) is 14.5 Å². The number of anilines is 2. The summed E-state index contributed by atoms with van der Waals surface area (Å²) >= 11 is 5.69. The molecule has 1 aromatic heterocycles. The third-order valence-electron chi connectivity index (χ3n) is 2.73. The average molecular weight is 384 g/mol. The monoisotopic (exact) mass is 383 g/mol. The Morgan fingerprint density at radius 3 is 2.44 bits per heavy atom. The van der Waals surface area contributed by atoms with Gasteiger partial charge in [0.25, 0.3) is 0 Å². The van der Waals surface area contributed by atoms with Gasteiger partial charge in [0.15, 0.2) is 0 Å². The second-order valence-corrected chi connectivity index (χ2v) is 8.70. The standard InChI is InChI=1S/C15H18ClN5O3S/c1-15(2,3)24-14(22)21-25(4,23)11-7-5-10(6-8-11)19-13-18-9-17-12(16)20-13/h5-9H,1-4H3,(H,17,18,19,20). The number of amides is 1. The van der Waals surface area contributed by atoms with Gasteiger partial charge in [-0.2, -0.15) is 4.98 Å². The molecule has 0 bridgehead atoms. The quantitative estimate of drug-likeness (QED) is 0.861. The van der Waals surface area contributed by atoms with Gasteiger partial charge in [-0.05, 0) is 56.6 Å². The van der Waals surface area contributed by atoms with Crippen LogP contribution < -0.4 is 5.32 Å². The highest BCUT2D eigenvalue weighted by Gasteiger charge is 2.18. The number of benzene rings is 1. The number of hydrogen-bond donors (Lipinski definition) is 1. The van der Waals surface area contributed by atoms with E-state index in [0.29, 0.717) is 10.6 Å². The SMILES string of the molecule is CC(C)(C)OC(=O)N=S(C)(=O)c1ccc(Nc2ncnc(Cl)n2)cc1. The lowest BCUT2D eigenvalue weighted by atomic mass is 10.2. The fourth-order valence-corrected chi connectivity index (χ4v) is 2.92. The topological polar surface area (TPSA) is 106 Å². The Balaban J connectivity index is 2.18. The highest BCUT2D eigenvalue weighted by atomic mass is 35.5. The Hall–Kier alpha value is -2.26. The maximum Gasteiger partial charge on any atom is 0.442 e. The van der Waals surface area contributed by atoms with Crippen LogP contribution in [0.15, 0.2) is 39.9 Å². The van der Waals surface area contributed by atoms with Crippen molar-refractivity contribution in [3.05, 3.63) is 35.9 Å². The molecule has 134 valence electrons. The van der Waals surface area contributed by atoms with Crippen molar-refractivity contribution < 1.29 is 13.7 Å². The van der Waals surface area contributed by atoms with Gasteiger partial charge in [0, 0.05) is 16.8 Å². The predicted octanol–water partition coefficient (Wildman–Crippen LogP) is 3.66. The number of rotatable bonds is 3. The summed E-state index contributed by atoms with van der Waals surface area (Å²) < 4.78 is 21.4. The van der Waals surface area contributed by atoms with E-state index < -0.39 is 21.4 Å². The van der Waals surface area contributed by atoms with Gasteiger partial charge in [-0.15, -0.1) is 4.36 Å². The molecule has 0 aliphatic rings. The van der Waals surface area contributed by atoms with Crippen LogP contribution in [0.2, 0.25) is 5.28 Å². The summed E-state index contributed by atoms with van der Waals surface area (Å²) in [6.45, 7) is 5.14. The van der Waals surface area contributed by atoms with Crippen molar-refractivity contribution in [1.29, 1.82) is 0 Å². The molecule has 2 rings (SSSR count). The number of carbonyl (C=O) groups excluding carboxylic acids is 1. The van der Waals surface area contributed by atoms with Crippen LogP contribution in [0, 0.1) is 0 Å². The average Bonchev–Trinajstić information content (AvgIpc) is 2.45. The smallest absolute Gasteiger partial charge is 0.442 e. The lowest BCUT2D eigenvalue weighted by Crippen LogP contribution is -2.22. The fraction of sp³-hybridized carbons (Fsp3) is 0.333. The van der Waals surface area contributed by atoms with E-state index in [1.54, 1.807) is 45.0 Å². The molecule has 0 aliphatic heterocycles. The molecule has 8 nitrogen and oxygen atoms in total. The third-order valence-corrected chi connectivity index (χ3v) is 4.56. The van der Waals surface area contributed by atoms with Crippen molar-refractivity contribution >= 4 is 39.1 Å². The zero-order valence-corrected chi connectivity index (χ0v) is 15.8. The summed E-state index contributed by atoms with van der Waals surface area (Å²) in [5.74, 6) is 0.281. The number of nitrogens with zero attached hydrogens (tertiary/aromatic N) is 4. The molecule has 0 saturated carbocycles. The van der Waals surface area contributed by atoms with Crippen LogP contribution in [0.25, 0.3) is 0 Å². The number of nitrogens with one attached hydrogen (secondary N) is 1. The van der Waals surface area contributed by atoms with E-state index in [0.717, 1.165) is 0 Å². The second kappa shape index (κ2) is 7.32. The molecule has 0 spiro atoms. The van der Waals surface area contributed by atoms with Crippen LogP contribution in [0.3, 0.4) is 0 Å². The minimum Gasteiger partial charge on any atom is -0.442 e. The molecule has 1 amide bonds. The normalized spacial score (nSPS) is 13.6. The van der Waals surface area contributed by atoms with E-state index in [4.69, 9.17) is 16.3 Å². The molecular formula is C15H18ClN5O3S. The van der Waals surface area contributed by atoms with Crippen molar-refractivity contribution in [2.75, 3.05) is 11.6 Å². The Kier molecular flexibility index (Phi) is 5.58. The highest BCUT2D eigenvalue weighted by molar-refractivity contribution is 7.93. The van der Waals surface area contributed by atoms with E-state index >= 15 is 0 Å². The van der Waals surface area contributed by atoms with Gasteiger partial charge in [0.2, 0.25) is 11.2 Å². The first kappa shape index (κ1) is 19.1. The van der Waals surface area contributed by atoms with Crippen molar-refractivity contribution in [3.63, 3.8) is 0 Å². The van der Waals surface area contributed by atoms with Crippen LogP contribution in [-0.4, -0.2) is 37.1 Å². The van der Waals surface area contributed by atoms with Gasteiger partial charge in [-0.3, -0.25) is 0 Å². The van der Waals surface area contributed by atoms with Crippen molar-refractivity contribution in [2.24, 2.45) is 4.36 Å². The van der Waals surface area contributed by atoms with Gasteiger partial charge in [-0.1, -0.05) is 0 Å². The van der Waals surface area contributed by atoms with Crippen molar-refractivity contribution in [3.8, 4) is 0 Å². The summed E-state index contributed by atoms with van der Waals surface area (Å²) in [5, 5.41) is 3.00. The zero-order chi connectivity index (χ0) is 18.7. The molecule has 1 atom stereocenters. The molecule has 1 N–H and O–H groups in total. The second-order valence-electron chi connectivity index (χ2n) is 6.10. The third kappa shape index (κ3) is 5.95. The first-order valence-electron chi connectivity index (χ1n) is 7.22. The van der Waals surface area contributed by atoms with Crippen LogP contribution in [0.5, 0.6) is 0 Å². The number of hydrogen-bond acceptors (Lipinski definition) is 7. The van der Waals surface area contributed by atoms with Crippen LogP contribution >= 0.6 is 11.6 Å². The number of ether oxygens (including phenoxy) is 1. The predicted molar refractivity (Wildman–Crippen MR) is 95.6 cm³/mol. The fourth-order valence-electron chi connectivity index (χ4n) is 1.73. The van der Waals surface area contributed by atoms with Gasteiger partial charge in [0.05, 0.1) is 9.73 Å². The largest absolute Gasteiger partial charge is 0.442 e. The summed E-state index contributed by atoms with van der Waals surface area (Å²) in [5.41, 5.74) is -0.0473. The molecule has 10 heteroatoms. The molecule has 1 unspecified atom stereocenters. The molecule has 1 aromatic carbocycles. The molecule has 0 fully saturated rings. The Morgan fingerprint density at radius 2 is 1.88 bits per heavy atom. The van der Waals surface area contributed by atoms with Crippen molar-refractivity contribution in [1.82, 2.24) is 15.0 Å². The zero-order valence-electron chi connectivity index (χ0n) is 14.2. The number of carbonyl (C=O) groups is 1. The molecule has 2 aromatic rings. The first-order valence-corrected chi connectivity index (χ1v) is 9.52. The van der Waals surface area contributed by atoms with Gasteiger partial charge < -0.3 is 10.1 Å². The molecule has 0 radical (unpaired) electrons. The van der Waals surface area contributed by atoms with Gasteiger partial charge in [0.1, 0.15) is 11.9 Å². The number of aromatic nitrogens is 3. The summed E-state index contributed by atoms with van der Waals surface area (Å²) in [7, 11) is -2.92. The Bertz CT molecular complexity index is 887. The lowest BCUT2D eigenvalue weighted by molar-refractivity contribution is 0.0607. The van der Waals surface area contributed by atoms with Gasteiger partial charge in [-0.25, -0.2) is 19.0 Å². The summed E-state index contributed by atoms with van der Waals surface area (Å²) in [6, 6.07) is 6.53. The summed E-state index contributed by atoms with van der Waals surface area (Å²) in [4.78, 5) is 23.7. The van der Waals surface area contributed by atoms with Gasteiger partial charge >= 0.3 is 6.09 Å². The highest BCUT2D eigenvalue weighted by Crippen LogP contribution is 2.19. The first-order chi connectivity index (χ1) is 11.5. The molecule has 25 heavy (non-hydrogen) atoms. The van der Waals surface area contributed by atoms with E-state index in [2.05, 4.69) is 24.6 Å². The van der Waals surface area contributed by atoms with E-state index in [9.17, 15) is 9.00 Å². The Labute approximate surface area is 151 Å². The maximum atomic E-state index is 12.7. The van der Waals surface area contributed by atoms with Crippen LogP contribution in [0.4, 0.5) is 16.4 Å². The lowest BCUT2D eigenvalue weighted by Gasteiger charge is -2.17. The maximum absolute atomic E-state index is 12.7. The molecule has 0 saturated heterocycles. The molecular weight excluding hydrogens is 366 g/mol.